The molecule has 262 valence electrons. The number of hydrogen-bond donors (Lipinski definition) is 1. The molecule has 1 unspecified atom stereocenters. The van der Waals surface area contributed by atoms with Crippen LogP contribution < -0.4 is 15.8 Å². The van der Waals surface area contributed by atoms with Gasteiger partial charge >= 0.3 is 0 Å². The first-order chi connectivity index (χ1) is 22.9. The average Bonchev–Trinajstić information content (AvgIpc) is 3.06. The smallest absolute Gasteiger partial charge is 0.278 e. The van der Waals surface area contributed by atoms with Crippen molar-refractivity contribution in [2.75, 3.05) is 55.7 Å². The second kappa shape index (κ2) is 13.9. The Bertz CT molecular complexity index is 1790. The first-order valence-electron chi connectivity index (χ1n) is 17.1. The van der Waals surface area contributed by atoms with Gasteiger partial charge in [0, 0.05) is 50.2 Å². The molecule has 6 heterocycles. The highest BCUT2D eigenvalue weighted by molar-refractivity contribution is 7.88. The summed E-state index contributed by atoms with van der Waals surface area (Å²) in [7, 11) is -3.36. The van der Waals surface area contributed by atoms with Crippen LogP contribution in [0.5, 0.6) is 0 Å². The maximum absolute atomic E-state index is 16.1. The fraction of sp³-hybridized carbons (Fsp3) is 0.618. The van der Waals surface area contributed by atoms with Gasteiger partial charge in [0.15, 0.2) is 0 Å². The molecule has 2 saturated heterocycles. The first kappa shape index (κ1) is 34.6. The lowest BCUT2D eigenvalue weighted by Gasteiger charge is -2.39. The largest absolute Gasteiger partial charge is 0.364 e. The monoisotopic (exact) mass is 689 g/mol. The van der Waals surface area contributed by atoms with Crippen molar-refractivity contribution in [3.63, 3.8) is 0 Å². The van der Waals surface area contributed by atoms with Crippen molar-refractivity contribution in [1.82, 2.24) is 23.7 Å². The van der Waals surface area contributed by atoms with E-state index in [0.717, 1.165) is 32.1 Å². The number of hydrogen-bond acceptors (Lipinski definition) is 8. The molecule has 1 N–H and O–H groups in total. The highest BCUT2D eigenvalue weighted by atomic mass is 32.2. The second-order valence-corrected chi connectivity index (χ2v) is 15.6. The van der Waals surface area contributed by atoms with Crippen molar-refractivity contribution >= 4 is 32.6 Å². The van der Waals surface area contributed by atoms with Crippen molar-refractivity contribution < 1.29 is 21.6 Å². The van der Waals surface area contributed by atoms with Crippen molar-refractivity contribution in [1.29, 1.82) is 0 Å². The van der Waals surface area contributed by atoms with E-state index in [1.807, 2.05) is 4.90 Å². The number of benzene rings is 1. The molecule has 0 saturated carbocycles. The van der Waals surface area contributed by atoms with Crippen molar-refractivity contribution in [3.05, 3.63) is 57.9 Å². The average molecular weight is 690 g/mol. The summed E-state index contributed by atoms with van der Waals surface area (Å²) >= 11 is 0. The Morgan fingerprint density at radius 3 is 2.33 bits per heavy atom. The lowest BCUT2D eigenvalue weighted by Crippen LogP contribution is -2.50. The number of pyridine rings is 1. The number of anilines is 2. The van der Waals surface area contributed by atoms with Gasteiger partial charge in [-0.2, -0.15) is 4.31 Å². The third kappa shape index (κ3) is 6.93. The van der Waals surface area contributed by atoms with Crippen LogP contribution in [0.1, 0.15) is 76.0 Å². The Kier molecular flexibility index (Phi) is 10.1. The molecule has 48 heavy (non-hydrogen) atoms. The van der Waals surface area contributed by atoms with Crippen molar-refractivity contribution in [2.24, 2.45) is 5.92 Å². The molecule has 10 nitrogen and oxygen atoms in total. The van der Waals surface area contributed by atoms with Gasteiger partial charge in [-0.15, -0.1) is 0 Å². The maximum Gasteiger partial charge on any atom is 0.278 e. The molecule has 8 bridgehead atoms. The molecule has 2 aromatic heterocycles. The highest BCUT2D eigenvalue weighted by Gasteiger charge is 2.45. The molecule has 4 aliphatic rings. The number of halogens is 3. The van der Waals surface area contributed by atoms with E-state index < -0.39 is 39.3 Å². The van der Waals surface area contributed by atoms with Crippen LogP contribution in [0, 0.1) is 11.7 Å². The molecule has 7 rings (SSSR count). The number of nitrogens with one attached hydrogen (secondary N) is 1. The van der Waals surface area contributed by atoms with E-state index in [4.69, 9.17) is 0 Å². The number of alkyl halides is 2. The number of piperidine rings is 1. The van der Waals surface area contributed by atoms with Crippen molar-refractivity contribution in [3.8, 4) is 0 Å². The van der Waals surface area contributed by atoms with Crippen LogP contribution in [0.25, 0.3) is 11.0 Å². The van der Waals surface area contributed by atoms with E-state index in [0.29, 0.717) is 68.1 Å². The number of fused-ring (bicyclic) bond motifs is 9. The molecule has 2 atom stereocenters. The van der Waals surface area contributed by atoms with E-state index in [9.17, 15) is 13.2 Å². The summed E-state index contributed by atoms with van der Waals surface area (Å²) in [6.07, 6.45) is 7.74. The number of aryl methyl sites for hydroxylation is 1. The predicted molar refractivity (Wildman–Crippen MR) is 182 cm³/mol. The van der Waals surface area contributed by atoms with Crippen molar-refractivity contribution in [2.45, 2.75) is 83.3 Å². The summed E-state index contributed by atoms with van der Waals surface area (Å²) < 4.78 is 75.4. The molecule has 14 heteroatoms. The van der Waals surface area contributed by atoms with Gasteiger partial charge in [-0.05, 0) is 58.7 Å². The zero-order chi connectivity index (χ0) is 34.2. The molecule has 0 spiro atoms. The molecule has 0 radical (unpaired) electrons. The van der Waals surface area contributed by atoms with Gasteiger partial charge < -0.3 is 15.1 Å². The third-order valence-corrected chi connectivity index (χ3v) is 11.8. The number of sulfonamides is 1. The van der Waals surface area contributed by atoms with Gasteiger partial charge in [0.2, 0.25) is 10.0 Å². The third-order valence-electron chi connectivity index (χ3n) is 10.5. The lowest BCUT2D eigenvalue weighted by atomic mass is 9.84. The van der Waals surface area contributed by atoms with Crippen LogP contribution >= 0.6 is 0 Å². The van der Waals surface area contributed by atoms with Gasteiger partial charge in [0.25, 0.3) is 11.5 Å². The molecule has 3 aromatic rings. The van der Waals surface area contributed by atoms with E-state index in [1.54, 1.807) is 17.6 Å². The summed E-state index contributed by atoms with van der Waals surface area (Å²) in [4.78, 5) is 27.2. The number of nitrogens with zero attached hydrogens (tertiary/aromatic N) is 6. The Morgan fingerprint density at radius 1 is 0.917 bits per heavy atom. The summed E-state index contributed by atoms with van der Waals surface area (Å²) in [5, 5.41) is 3.77. The molecule has 2 fully saturated rings. The van der Waals surface area contributed by atoms with E-state index >= 15 is 13.2 Å². The quantitative estimate of drug-likeness (QED) is 0.385. The highest BCUT2D eigenvalue weighted by Crippen LogP contribution is 2.44. The number of piperazine rings is 1. The van der Waals surface area contributed by atoms with E-state index in [-0.39, 0.29) is 30.3 Å². The van der Waals surface area contributed by atoms with Crippen LogP contribution in [0.3, 0.4) is 0 Å². The SMILES string of the molecule is CC1CCCCCCn2c(=O)c(N3CCN(S(C)(=O)=O)CC3)cc3c(ncnc32)N[C@H](C)c2cccc(c2F)C(F)(F)C2CCN1CC2. The fourth-order valence-corrected chi connectivity index (χ4v) is 8.40. The van der Waals surface area contributed by atoms with Crippen LogP contribution in [-0.4, -0.2) is 83.7 Å². The fourth-order valence-electron chi connectivity index (χ4n) is 7.57. The van der Waals surface area contributed by atoms with Crippen LogP contribution in [0.4, 0.5) is 24.7 Å². The normalized spacial score (nSPS) is 26.2. The summed E-state index contributed by atoms with van der Waals surface area (Å²) in [5.74, 6) is -4.84. The Labute approximate surface area is 280 Å². The summed E-state index contributed by atoms with van der Waals surface area (Å²) in [6.45, 7) is 6.59. The molecule has 4 aliphatic heterocycles. The van der Waals surface area contributed by atoms with E-state index in [1.165, 1.54) is 35.1 Å². The number of rotatable bonds is 2. The zero-order valence-corrected chi connectivity index (χ0v) is 28.8. The van der Waals surface area contributed by atoms with Crippen LogP contribution in [0.15, 0.2) is 35.4 Å². The van der Waals surface area contributed by atoms with Gasteiger partial charge in [0.05, 0.1) is 23.2 Å². The summed E-state index contributed by atoms with van der Waals surface area (Å²) in [6, 6.07) is 5.43. The Morgan fingerprint density at radius 2 is 1.62 bits per heavy atom. The zero-order valence-electron chi connectivity index (χ0n) is 28.0. The van der Waals surface area contributed by atoms with Gasteiger partial charge in [-0.1, -0.05) is 37.5 Å². The van der Waals surface area contributed by atoms with E-state index in [2.05, 4.69) is 27.1 Å². The lowest BCUT2D eigenvalue weighted by molar-refractivity contribution is -0.0907. The standard InChI is InChI=1S/C34H46F3N7O3S/c1-23-9-6-4-5-7-14-44-32-27(21-29(33(44)45)42-17-19-43(20-18-42)48(3,46)47)31(38-22-39-32)40-24(2)26-10-8-11-28(30(26)35)34(36,37)25-12-15-41(23)16-13-25/h8,10-11,21-25H,4-7,9,12-20H2,1-3H3,(H,38,39,40)/t23?,24-/m1/s1. The predicted octanol–water partition coefficient (Wildman–Crippen LogP) is 5.34. The van der Waals surface area contributed by atoms with Gasteiger partial charge in [-0.25, -0.2) is 31.6 Å². The van der Waals surface area contributed by atoms with Gasteiger partial charge in [-0.3, -0.25) is 9.36 Å². The molecule has 0 aliphatic carbocycles. The first-order valence-corrected chi connectivity index (χ1v) is 19.0. The topological polar surface area (TPSA) is 104 Å². The minimum Gasteiger partial charge on any atom is -0.364 e. The van der Waals surface area contributed by atoms with Crippen LogP contribution in [0.2, 0.25) is 0 Å². The van der Waals surface area contributed by atoms with Gasteiger partial charge in [0.1, 0.15) is 29.3 Å². The molecular formula is C34H46F3N7O3S. The maximum atomic E-state index is 16.1. The Balaban J connectivity index is 1.40. The summed E-state index contributed by atoms with van der Waals surface area (Å²) in [5.41, 5.74) is 0.132. The molecule has 0 amide bonds. The minimum absolute atomic E-state index is 0.0985. The second-order valence-electron chi connectivity index (χ2n) is 13.7. The Hall–Kier alpha value is -3.23. The molecular weight excluding hydrogens is 643 g/mol. The minimum atomic E-state index is -3.36. The molecule has 1 aromatic carbocycles. The van der Waals surface area contributed by atoms with Crippen LogP contribution in [-0.2, 0) is 22.5 Å². The number of aromatic nitrogens is 3.